The Morgan fingerprint density at radius 2 is 2.07 bits per heavy atom. The van der Waals surface area contributed by atoms with Gasteiger partial charge in [-0.1, -0.05) is 29.8 Å². The monoisotopic (exact) mass is 223 g/mol. The second-order valence-electron chi connectivity index (χ2n) is 4.47. The van der Waals surface area contributed by atoms with Gasteiger partial charge in [0.25, 0.3) is 0 Å². The molecule has 0 radical (unpaired) electrons. The third-order valence-electron chi connectivity index (χ3n) is 3.46. The van der Waals surface area contributed by atoms with Crippen molar-refractivity contribution in [3.8, 4) is 0 Å². The largest absolute Gasteiger partial charge is 0.330 e. The maximum Gasteiger partial charge on any atom is 0.0440 e. The van der Waals surface area contributed by atoms with E-state index >= 15 is 0 Å². The Hall–Kier alpha value is -0.530. The Labute approximate surface area is 96.6 Å². The molecule has 1 aromatic rings. The van der Waals surface area contributed by atoms with E-state index in [4.69, 9.17) is 17.3 Å². The number of halogens is 1. The first kappa shape index (κ1) is 11.0. The topological polar surface area (TPSA) is 26.0 Å². The molecular formula is C13H18ClN. The molecule has 2 rings (SSSR count). The lowest BCUT2D eigenvalue weighted by molar-refractivity contribution is 0.503. The highest BCUT2D eigenvalue weighted by molar-refractivity contribution is 6.31. The fraction of sp³-hybridized carbons (Fsp3) is 0.538. The van der Waals surface area contributed by atoms with Crippen LogP contribution < -0.4 is 5.73 Å². The molecule has 1 aromatic carbocycles. The lowest BCUT2D eigenvalue weighted by Gasteiger charge is -2.12. The van der Waals surface area contributed by atoms with Gasteiger partial charge in [0, 0.05) is 5.02 Å². The van der Waals surface area contributed by atoms with Crippen molar-refractivity contribution in [2.75, 3.05) is 6.54 Å². The molecule has 1 nitrogen and oxygen atoms in total. The molecule has 1 fully saturated rings. The van der Waals surface area contributed by atoms with Crippen molar-refractivity contribution >= 4 is 11.6 Å². The van der Waals surface area contributed by atoms with Gasteiger partial charge in [-0.15, -0.1) is 0 Å². The first-order valence-electron chi connectivity index (χ1n) is 5.75. The Morgan fingerprint density at radius 1 is 1.27 bits per heavy atom. The highest BCUT2D eigenvalue weighted by Gasteiger charge is 2.26. The molecule has 2 unspecified atom stereocenters. The summed E-state index contributed by atoms with van der Waals surface area (Å²) < 4.78 is 0. The van der Waals surface area contributed by atoms with E-state index in [0.717, 1.165) is 17.5 Å². The maximum absolute atomic E-state index is 6.20. The highest BCUT2D eigenvalue weighted by Crippen LogP contribution is 2.41. The molecular weight excluding hydrogens is 206 g/mol. The fourth-order valence-corrected chi connectivity index (χ4v) is 2.95. The van der Waals surface area contributed by atoms with Crippen LogP contribution in [0.4, 0.5) is 0 Å². The van der Waals surface area contributed by atoms with E-state index in [1.54, 1.807) is 0 Å². The number of rotatable bonds is 3. The molecule has 2 N–H and O–H groups in total. The number of hydrogen-bond donors (Lipinski definition) is 1. The smallest absolute Gasteiger partial charge is 0.0440 e. The molecule has 0 spiro atoms. The van der Waals surface area contributed by atoms with E-state index in [2.05, 4.69) is 12.1 Å². The van der Waals surface area contributed by atoms with Crippen LogP contribution in [-0.4, -0.2) is 6.54 Å². The van der Waals surface area contributed by atoms with E-state index < -0.39 is 0 Å². The van der Waals surface area contributed by atoms with Gasteiger partial charge in [-0.3, -0.25) is 0 Å². The van der Waals surface area contributed by atoms with Crippen molar-refractivity contribution in [1.82, 2.24) is 0 Å². The average molecular weight is 224 g/mol. The maximum atomic E-state index is 6.20. The minimum Gasteiger partial charge on any atom is -0.330 e. The van der Waals surface area contributed by atoms with E-state index in [9.17, 15) is 0 Å². The quantitative estimate of drug-likeness (QED) is 0.833. The van der Waals surface area contributed by atoms with E-state index in [-0.39, 0.29) is 0 Å². The second kappa shape index (κ2) is 5.00. The average Bonchev–Trinajstić information content (AvgIpc) is 2.68. The molecule has 0 saturated heterocycles. The summed E-state index contributed by atoms with van der Waals surface area (Å²) in [6, 6.07) is 8.24. The van der Waals surface area contributed by atoms with Crippen LogP contribution in [0.2, 0.25) is 5.02 Å². The Kier molecular flexibility index (Phi) is 3.66. The van der Waals surface area contributed by atoms with Gasteiger partial charge >= 0.3 is 0 Å². The number of nitrogens with two attached hydrogens (primary N) is 1. The Morgan fingerprint density at radius 3 is 2.80 bits per heavy atom. The third-order valence-corrected chi connectivity index (χ3v) is 3.81. The Balaban J connectivity index is 2.04. The molecule has 0 bridgehead atoms. The lowest BCUT2D eigenvalue weighted by Crippen LogP contribution is -2.05. The lowest BCUT2D eigenvalue weighted by atomic mass is 9.95. The molecule has 0 amide bonds. The molecule has 82 valence electrons. The minimum atomic E-state index is 0.662. The summed E-state index contributed by atoms with van der Waals surface area (Å²) in [6.07, 6.45) is 5.02. The predicted molar refractivity (Wildman–Crippen MR) is 65.2 cm³/mol. The summed E-state index contributed by atoms with van der Waals surface area (Å²) in [4.78, 5) is 0. The molecule has 1 aliphatic carbocycles. The molecule has 1 aliphatic rings. The molecule has 2 heteroatoms. The van der Waals surface area contributed by atoms with Gasteiger partial charge in [0.05, 0.1) is 0 Å². The van der Waals surface area contributed by atoms with Crippen molar-refractivity contribution < 1.29 is 0 Å². The zero-order valence-electron chi connectivity index (χ0n) is 8.95. The molecule has 1 saturated carbocycles. The zero-order valence-corrected chi connectivity index (χ0v) is 9.71. The standard InChI is InChI=1S/C13H18ClN/c14-13-4-2-1-3-12(13)11-6-5-10(9-11)7-8-15/h1-4,10-11H,5-9,15H2. The normalized spacial score (nSPS) is 25.7. The van der Waals surface area contributed by atoms with E-state index in [1.165, 1.54) is 31.2 Å². The van der Waals surface area contributed by atoms with Gasteiger partial charge in [0.2, 0.25) is 0 Å². The summed E-state index contributed by atoms with van der Waals surface area (Å²) in [5.74, 6) is 1.48. The predicted octanol–water partition coefficient (Wildman–Crippen LogP) is 3.57. The number of hydrogen-bond acceptors (Lipinski definition) is 1. The van der Waals surface area contributed by atoms with Crippen molar-refractivity contribution in [1.29, 1.82) is 0 Å². The molecule has 0 aromatic heterocycles. The van der Waals surface area contributed by atoms with E-state index in [0.29, 0.717) is 5.92 Å². The van der Waals surface area contributed by atoms with Crippen LogP contribution in [0.3, 0.4) is 0 Å². The number of benzene rings is 1. The summed E-state index contributed by atoms with van der Waals surface area (Å²) in [5, 5.41) is 0.927. The molecule has 0 heterocycles. The van der Waals surface area contributed by atoms with Crippen molar-refractivity contribution in [2.24, 2.45) is 11.7 Å². The SMILES string of the molecule is NCCC1CCC(c2ccccc2Cl)C1. The Bertz CT molecular complexity index is 324. The van der Waals surface area contributed by atoms with Crippen molar-refractivity contribution in [3.05, 3.63) is 34.9 Å². The first-order chi connectivity index (χ1) is 7.31. The molecule has 15 heavy (non-hydrogen) atoms. The van der Waals surface area contributed by atoms with Gasteiger partial charge in [0.15, 0.2) is 0 Å². The summed E-state index contributed by atoms with van der Waals surface area (Å²) in [5.41, 5.74) is 6.93. The van der Waals surface area contributed by atoms with Gasteiger partial charge in [-0.25, -0.2) is 0 Å². The molecule has 0 aliphatic heterocycles. The van der Waals surface area contributed by atoms with Crippen molar-refractivity contribution in [2.45, 2.75) is 31.6 Å². The molecule has 2 atom stereocenters. The van der Waals surface area contributed by atoms with Gasteiger partial charge in [0.1, 0.15) is 0 Å². The van der Waals surface area contributed by atoms with Crippen molar-refractivity contribution in [3.63, 3.8) is 0 Å². The van der Waals surface area contributed by atoms with Gasteiger partial charge in [-0.05, 0) is 55.7 Å². The van der Waals surface area contributed by atoms with Crippen LogP contribution in [0.5, 0.6) is 0 Å². The van der Waals surface area contributed by atoms with Crippen LogP contribution in [0.15, 0.2) is 24.3 Å². The summed E-state index contributed by atoms with van der Waals surface area (Å²) in [6.45, 7) is 0.819. The summed E-state index contributed by atoms with van der Waals surface area (Å²) >= 11 is 6.20. The zero-order chi connectivity index (χ0) is 10.7. The van der Waals surface area contributed by atoms with Crippen LogP contribution in [0.1, 0.15) is 37.2 Å². The third kappa shape index (κ3) is 2.53. The van der Waals surface area contributed by atoms with Gasteiger partial charge in [-0.2, -0.15) is 0 Å². The highest BCUT2D eigenvalue weighted by atomic mass is 35.5. The summed E-state index contributed by atoms with van der Waals surface area (Å²) in [7, 11) is 0. The fourth-order valence-electron chi connectivity index (χ4n) is 2.66. The van der Waals surface area contributed by atoms with Crippen LogP contribution in [0, 0.1) is 5.92 Å². The minimum absolute atomic E-state index is 0.662. The first-order valence-corrected chi connectivity index (χ1v) is 6.13. The second-order valence-corrected chi connectivity index (χ2v) is 4.88. The van der Waals surface area contributed by atoms with Crippen LogP contribution in [-0.2, 0) is 0 Å². The van der Waals surface area contributed by atoms with Gasteiger partial charge < -0.3 is 5.73 Å². The van der Waals surface area contributed by atoms with Crippen LogP contribution >= 0.6 is 11.6 Å². The van der Waals surface area contributed by atoms with E-state index in [1.807, 2.05) is 12.1 Å². The van der Waals surface area contributed by atoms with Crippen LogP contribution in [0.25, 0.3) is 0 Å².